The molecule has 164 valence electrons. The van der Waals surface area contributed by atoms with Gasteiger partial charge in [-0.1, -0.05) is 29.3 Å². The van der Waals surface area contributed by atoms with Crippen LogP contribution in [0.5, 0.6) is 0 Å². The summed E-state index contributed by atoms with van der Waals surface area (Å²) in [5.41, 5.74) is -0.233. The summed E-state index contributed by atoms with van der Waals surface area (Å²) < 4.78 is 0. The van der Waals surface area contributed by atoms with Crippen molar-refractivity contribution in [2.24, 2.45) is 0 Å². The number of hydrogen-bond donors (Lipinski definition) is 2. The Bertz CT molecular complexity index is 1210. The van der Waals surface area contributed by atoms with Crippen LogP contribution in [0.25, 0.3) is 0 Å². The molecule has 1 atom stereocenters. The number of benzene rings is 2. The van der Waals surface area contributed by atoms with Gasteiger partial charge in [-0.05, 0) is 49.2 Å². The molecule has 0 saturated carbocycles. The summed E-state index contributed by atoms with van der Waals surface area (Å²) in [6, 6.07) is 9.12. The summed E-state index contributed by atoms with van der Waals surface area (Å²) in [5, 5.41) is 5.50. The van der Waals surface area contributed by atoms with Crippen molar-refractivity contribution in [3.8, 4) is 0 Å². The molecule has 0 unspecified atom stereocenters. The van der Waals surface area contributed by atoms with E-state index in [9.17, 15) is 24.0 Å². The molecule has 2 heterocycles. The third-order valence-electron chi connectivity index (χ3n) is 5.66. The molecule has 0 radical (unpaired) electrons. The molecule has 0 bridgehead atoms. The van der Waals surface area contributed by atoms with Crippen molar-refractivity contribution >= 4 is 52.7 Å². The van der Waals surface area contributed by atoms with E-state index in [1.807, 2.05) is 0 Å². The Morgan fingerprint density at radius 1 is 1.03 bits per heavy atom. The maximum Gasteiger partial charge on any atom is 0.262 e. The molecular formula is C22H17Cl2N3O5. The van der Waals surface area contributed by atoms with Crippen molar-refractivity contribution in [3.63, 3.8) is 0 Å². The molecule has 2 aliphatic rings. The van der Waals surface area contributed by atoms with Crippen molar-refractivity contribution < 1.29 is 24.0 Å². The molecule has 5 amide bonds. The summed E-state index contributed by atoms with van der Waals surface area (Å²) in [4.78, 5) is 63.2. The number of piperidine rings is 1. The Morgan fingerprint density at radius 2 is 1.75 bits per heavy atom. The van der Waals surface area contributed by atoms with Crippen LogP contribution in [0.2, 0.25) is 10.0 Å². The fourth-order valence-electron chi connectivity index (χ4n) is 3.78. The molecule has 2 aromatic rings. The first-order valence-corrected chi connectivity index (χ1v) is 10.5. The molecule has 0 aliphatic carbocycles. The Morgan fingerprint density at radius 3 is 2.44 bits per heavy atom. The Hall–Kier alpha value is -3.23. The minimum atomic E-state index is -1.46. The summed E-state index contributed by atoms with van der Waals surface area (Å²) >= 11 is 11.8. The molecule has 0 spiro atoms. The quantitative estimate of drug-likeness (QED) is 0.662. The van der Waals surface area contributed by atoms with E-state index in [1.165, 1.54) is 37.3 Å². The van der Waals surface area contributed by atoms with Gasteiger partial charge in [0.25, 0.3) is 23.6 Å². The first-order valence-electron chi connectivity index (χ1n) is 9.71. The van der Waals surface area contributed by atoms with Gasteiger partial charge in [-0.3, -0.25) is 34.2 Å². The van der Waals surface area contributed by atoms with Gasteiger partial charge in [0.2, 0.25) is 5.91 Å². The Balaban J connectivity index is 1.53. The van der Waals surface area contributed by atoms with Gasteiger partial charge in [-0.15, -0.1) is 0 Å². The summed E-state index contributed by atoms with van der Waals surface area (Å²) in [7, 11) is 0. The van der Waals surface area contributed by atoms with E-state index < -0.39 is 29.2 Å². The Labute approximate surface area is 192 Å². The molecular weight excluding hydrogens is 457 g/mol. The number of carbonyl (C=O) groups excluding carboxylic acids is 5. The highest BCUT2D eigenvalue weighted by Gasteiger charge is 2.52. The fraction of sp³-hybridized carbons (Fsp3) is 0.227. The van der Waals surface area contributed by atoms with E-state index in [0.29, 0.717) is 16.1 Å². The standard InChI is InChI=1S/C22H17Cl2N3O5/c1-22(7-6-17(28)26-21(22)32)27-19(30)13-4-2-11(8-14(13)20(27)31)10-25-18(29)12-3-5-15(23)16(24)9-12/h2-5,8-9H,6-7,10H2,1H3,(H,25,29)(H,26,28,32)/t22-/m0/s1. The lowest BCUT2D eigenvalue weighted by Gasteiger charge is -2.38. The van der Waals surface area contributed by atoms with E-state index in [2.05, 4.69) is 10.6 Å². The largest absolute Gasteiger partial charge is 0.348 e. The lowest BCUT2D eigenvalue weighted by atomic mass is 9.89. The van der Waals surface area contributed by atoms with E-state index in [0.717, 1.165) is 4.90 Å². The molecule has 0 aromatic heterocycles. The number of rotatable bonds is 4. The maximum absolute atomic E-state index is 13.0. The fourth-order valence-corrected chi connectivity index (χ4v) is 4.07. The van der Waals surface area contributed by atoms with Gasteiger partial charge in [0.15, 0.2) is 0 Å². The predicted octanol–water partition coefficient (Wildman–Crippen LogP) is 2.71. The monoisotopic (exact) mass is 473 g/mol. The molecule has 10 heteroatoms. The molecule has 8 nitrogen and oxygen atoms in total. The van der Waals surface area contributed by atoms with Crippen LogP contribution >= 0.6 is 23.2 Å². The first-order chi connectivity index (χ1) is 15.1. The molecule has 32 heavy (non-hydrogen) atoms. The Kier molecular flexibility index (Phi) is 5.52. The predicted molar refractivity (Wildman–Crippen MR) is 115 cm³/mol. The van der Waals surface area contributed by atoms with Crippen molar-refractivity contribution in [2.45, 2.75) is 31.8 Å². The van der Waals surface area contributed by atoms with Crippen LogP contribution in [0.15, 0.2) is 36.4 Å². The first kappa shape index (κ1) is 22.0. The lowest BCUT2D eigenvalue weighted by Crippen LogP contribution is -2.62. The average molecular weight is 474 g/mol. The zero-order valence-corrected chi connectivity index (χ0v) is 18.3. The van der Waals surface area contributed by atoms with Gasteiger partial charge in [0, 0.05) is 18.5 Å². The van der Waals surface area contributed by atoms with Crippen LogP contribution in [-0.4, -0.2) is 40.0 Å². The van der Waals surface area contributed by atoms with Gasteiger partial charge in [0.1, 0.15) is 5.54 Å². The highest BCUT2D eigenvalue weighted by molar-refractivity contribution is 6.42. The summed E-state index contributed by atoms with van der Waals surface area (Å²) in [5.74, 6) is -2.72. The van der Waals surface area contributed by atoms with E-state index in [-0.39, 0.29) is 41.4 Å². The van der Waals surface area contributed by atoms with E-state index >= 15 is 0 Å². The molecule has 4 rings (SSSR count). The van der Waals surface area contributed by atoms with Crippen molar-refractivity contribution in [1.82, 2.24) is 15.5 Å². The maximum atomic E-state index is 13.0. The molecule has 2 aromatic carbocycles. The highest BCUT2D eigenvalue weighted by Crippen LogP contribution is 2.34. The van der Waals surface area contributed by atoms with Crippen molar-refractivity contribution in [2.75, 3.05) is 0 Å². The van der Waals surface area contributed by atoms with Gasteiger partial charge in [-0.25, -0.2) is 0 Å². The summed E-state index contributed by atoms with van der Waals surface area (Å²) in [6.07, 6.45) is 0.0807. The SMILES string of the molecule is C[C@]1(N2C(=O)c3ccc(CNC(=O)c4ccc(Cl)c(Cl)c4)cc3C2=O)CCC(=O)NC1=O. The van der Waals surface area contributed by atoms with Crippen LogP contribution in [0.3, 0.4) is 0 Å². The smallest absolute Gasteiger partial charge is 0.262 e. The van der Waals surface area contributed by atoms with E-state index in [4.69, 9.17) is 23.2 Å². The van der Waals surface area contributed by atoms with Crippen LogP contribution < -0.4 is 10.6 Å². The average Bonchev–Trinajstić information content (AvgIpc) is 3.01. The number of nitrogens with one attached hydrogen (secondary N) is 2. The van der Waals surface area contributed by atoms with Crippen LogP contribution in [0, 0.1) is 0 Å². The number of imide groups is 2. The molecule has 1 fully saturated rings. The second-order valence-corrected chi connectivity index (χ2v) is 8.60. The second-order valence-electron chi connectivity index (χ2n) is 7.79. The van der Waals surface area contributed by atoms with Crippen molar-refractivity contribution in [3.05, 3.63) is 68.7 Å². The number of carbonyl (C=O) groups is 5. The number of hydrogen-bond acceptors (Lipinski definition) is 5. The van der Waals surface area contributed by atoms with E-state index in [1.54, 1.807) is 6.07 Å². The topological polar surface area (TPSA) is 113 Å². The van der Waals surface area contributed by atoms with Crippen molar-refractivity contribution in [1.29, 1.82) is 0 Å². The third-order valence-corrected chi connectivity index (χ3v) is 6.40. The normalized spacial score (nSPS) is 20.3. The molecule has 1 saturated heterocycles. The lowest BCUT2D eigenvalue weighted by molar-refractivity contribution is -0.140. The number of fused-ring (bicyclic) bond motifs is 1. The van der Waals surface area contributed by atoms with Crippen LogP contribution in [-0.2, 0) is 16.1 Å². The third kappa shape index (κ3) is 3.65. The molecule has 2 N–H and O–H groups in total. The van der Waals surface area contributed by atoms with Gasteiger partial charge < -0.3 is 5.32 Å². The highest BCUT2D eigenvalue weighted by atomic mass is 35.5. The molecule has 2 aliphatic heterocycles. The summed E-state index contributed by atoms with van der Waals surface area (Å²) in [6.45, 7) is 1.56. The number of halogens is 2. The van der Waals surface area contributed by atoms with Crippen LogP contribution in [0.1, 0.15) is 56.4 Å². The van der Waals surface area contributed by atoms with Gasteiger partial charge >= 0.3 is 0 Å². The van der Waals surface area contributed by atoms with Gasteiger partial charge in [0.05, 0.1) is 21.2 Å². The number of amides is 5. The van der Waals surface area contributed by atoms with Crippen LogP contribution in [0.4, 0.5) is 0 Å². The zero-order chi connectivity index (χ0) is 23.2. The zero-order valence-electron chi connectivity index (χ0n) is 16.8. The second kappa shape index (κ2) is 8.03. The number of nitrogens with zero attached hydrogens (tertiary/aromatic N) is 1. The minimum absolute atomic E-state index is 0.0294. The van der Waals surface area contributed by atoms with Gasteiger partial charge in [-0.2, -0.15) is 0 Å². The minimum Gasteiger partial charge on any atom is -0.348 e.